The highest BCUT2D eigenvalue weighted by atomic mass is 16.3. The molecule has 0 saturated heterocycles. The van der Waals surface area contributed by atoms with Crippen LogP contribution >= 0.6 is 0 Å². The van der Waals surface area contributed by atoms with Crippen LogP contribution in [0, 0.1) is 5.92 Å². The summed E-state index contributed by atoms with van der Waals surface area (Å²) >= 11 is 0. The highest BCUT2D eigenvalue weighted by molar-refractivity contribution is 5.77. The SMILES string of the molecule is CC(CO)CCCNC(=O)CC1(N)CCCCC1. The Bertz CT molecular complexity index is 250. The van der Waals surface area contributed by atoms with E-state index in [0.29, 0.717) is 18.9 Å². The number of aliphatic hydroxyl groups is 1. The normalized spacial score (nSPS) is 20.4. The van der Waals surface area contributed by atoms with Crippen LogP contribution in [0.4, 0.5) is 0 Å². The van der Waals surface area contributed by atoms with Crippen LogP contribution < -0.4 is 11.1 Å². The first-order valence-corrected chi connectivity index (χ1v) is 7.22. The van der Waals surface area contributed by atoms with Crippen molar-refractivity contribution < 1.29 is 9.90 Å². The van der Waals surface area contributed by atoms with Crippen LogP contribution in [-0.4, -0.2) is 29.7 Å². The average molecular weight is 256 g/mol. The molecule has 1 unspecified atom stereocenters. The van der Waals surface area contributed by atoms with E-state index in [2.05, 4.69) is 5.32 Å². The average Bonchev–Trinajstić information content (AvgIpc) is 2.34. The van der Waals surface area contributed by atoms with E-state index in [0.717, 1.165) is 38.5 Å². The van der Waals surface area contributed by atoms with E-state index in [1.165, 1.54) is 6.42 Å². The second-order valence-electron chi connectivity index (χ2n) is 5.88. The van der Waals surface area contributed by atoms with Crippen LogP contribution in [0.1, 0.15) is 58.3 Å². The third-order valence-electron chi connectivity index (χ3n) is 3.87. The van der Waals surface area contributed by atoms with E-state index in [-0.39, 0.29) is 18.1 Å². The van der Waals surface area contributed by atoms with Gasteiger partial charge in [0.1, 0.15) is 0 Å². The van der Waals surface area contributed by atoms with Crippen molar-refractivity contribution in [3.8, 4) is 0 Å². The van der Waals surface area contributed by atoms with Gasteiger partial charge in [0.25, 0.3) is 0 Å². The van der Waals surface area contributed by atoms with Gasteiger partial charge in [-0.2, -0.15) is 0 Å². The van der Waals surface area contributed by atoms with Crippen molar-refractivity contribution in [2.45, 2.75) is 63.8 Å². The third kappa shape index (κ3) is 5.83. The number of nitrogens with one attached hydrogen (secondary N) is 1. The van der Waals surface area contributed by atoms with Crippen molar-refractivity contribution in [2.75, 3.05) is 13.2 Å². The summed E-state index contributed by atoms with van der Waals surface area (Å²) in [5, 5.41) is 11.8. The Morgan fingerprint density at radius 3 is 2.67 bits per heavy atom. The molecule has 0 radical (unpaired) electrons. The minimum absolute atomic E-state index is 0.0797. The molecule has 0 heterocycles. The molecule has 1 atom stereocenters. The lowest BCUT2D eigenvalue weighted by atomic mass is 9.80. The summed E-state index contributed by atoms with van der Waals surface area (Å²) in [6.45, 7) is 2.93. The van der Waals surface area contributed by atoms with E-state index in [1.54, 1.807) is 0 Å². The van der Waals surface area contributed by atoms with Crippen LogP contribution in [-0.2, 0) is 4.79 Å². The zero-order chi connectivity index (χ0) is 13.4. The smallest absolute Gasteiger partial charge is 0.221 e. The van der Waals surface area contributed by atoms with Gasteiger partial charge in [0.15, 0.2) is 0 Å². The first kappa shape index (κ1) is 15.4. The second kappa shape index (κ2) is 7.74. The molecule has 0 bridgehead atoms. The molecule has 1 aliphatic rings. The molecule has 1 rings (SSSR count). The number of amides is 1. The lowest BCUT2D eigenvalue weighted by Gasteiger charge is -2.32. The maximum absolute atomic E-state index is 11.8. The Labute approximate surface area is 110 Å². The van der Waals surface area contributed by atoms with Gasteiger partial charge in [0.2, 0.25) is 5.91 Å². The van der Waals surface area contributed by atoms with E-state index in [9.17, 15) is 4.79 Å². The minimum atomic E-state index is -0.263. The number of carbonyl (C=O) groups excluding carboxylic acids is 1. The van der Waals surface area contributed by atoms with Gasteiger partial charge < -0.3 is 16.2 Å². The summed E-state index contributed by atoms with van der Waals surface area (Å²) in [5.74, 6) is 0.400. The van der Waals surface area contributed by atoms with E-state index >= 15 is 0 Å². The van der Waals surface area contributed by atoms with Crippen molar-refractivity contribution in [3.05, 3.63) is 0 Å². The van der Waals surface area contributed by atoms with Crippen molar-refractivity contribution in [3.63, 3.8) is 0 Å². The summed E-state index contributed by atoms with van der Waals surface area (Å²) < 4.78 is 0. The largest absolute Gasteiger partial charge is 0.396 e. The summed E-state index contributed by atoms with van der Waals surface area (Å²) in [5.41, 5.74) is 5.98. The van der Waals surface area contributed by atoms with Crippen molar-refractivity contribution in [1.82, 2.24) is 5.32 Å². The Morgan fingerprint density at radius 1 is 1.39 bits per heavy atom. The molecule has 4 nitrogen and oxygen atoms in total. The summed E-state index contributed by atoms with van der Waals surface area (Å²) in [4.78, 5) is 11.8. The van der Waals surface area contributed by atoms with E-state index < -0.39 is 0 Å². The van der Waals surface area contributed by atoms with Crippen molar-refractivity contribution >= 4 is 5.91 Å². The topological polar surface area (TPSA) is 75.3 Å². The first-order chi connectivity index (χ1) is 8.56. The molecule has 0 aromatic carbocycles. The van der Waals surface area contributed by atoms with Gasteiger partial charge in [-0.1, -0.05) is 26.2 Å². The van der Waals surface area contributed by atoms with Crippen LogP contribution in [0.5, 0.6) is 0 Å². The molecule has 1 fully saturated rings. The van der Waals surface area contributed by atoms with Gasteiger partial charge in [-0.05, 0) is 31.6 Å². The van der Waals surface area contributed by atoms with Crippen LogP contribution in [0.25, 0.3) is 0 Å². The summed E-state index contributed by atoms with van der Waals surface area (Å²) in [6.07, 6.45) is 7.83. The molecule has 0 aromatic rings. The molecule has 1 aliphatic carbocycles. The minimum Gasteiger partial charge on any atom is -0.396 e. The number of rotatable bonds is 7. The lowest BCUT2D eigenvalue weighted by molar-refractivity contribution is -0.122. The molecule has 0 aromatic heterocycles. The monoisotopic (exact) mass is 256 g/mol. The quantitative estimate of drug-likeness (QED) is 0.605. The Hall–Kier alpha value is -0.610. The third-order valence-corrected chi connectivity index (χ3v) is 3.87. The Kier molecular flexibility index (Phi) is 6.65. The van der Waals surface area contributed by atoms with Gasteiger partial charge in [0, 0.05) is 25.1 Å². The summed E-state index contributed by atoms with van der Waals surface area (Å²) in [6, 6.07) is 0. The number of aliphatic hydroxyl groups excluding tert-OH is 1. The van der Waals surface area contributed by atoms with Gasteiger partial charge in [-0.25, -0.2) is 0 Å². The fourth-order valence-corrected chi connectivity index (χ4v) is 2.58. The predicted molar refractivity (Wildman–Crippen MR) is 73.1 cm³/mol. The van der Waals surface area contributed by atoms with Crippen LogP contribution in [0.2, 0.25) is 0 Å². The number of hydrogen-bond donors (Lipinski definition) is 3. The van der Waals surface area contributed by atoms with Gasteiger partial charge in [-0.15, -0.1) is 0 Å². The van der Waals surface area contributed by atoms with Crippen molar-refractivity contribution in [1.29, 1.82) is 0 Å². The first-order valence-electron chi connectivity index (χ1n) is 7.22. The molecule has 0 spiro atoms. The summed E-state index contributed by atoms with van der Waals surface area (Å²) in [7, 11) is 0. The standard InChI is InChI=1S/C14H28N2O2/c1-12(11-17)6-5-9-16-13(18)10-14(15)7-3-2-4-8-14/h12,17H,2-11,15H2,1H3,(H,16,18). The molecular weight excluding hydrogens is 228 g/mol. The number of nitrogens with two attached hydrogens (primary N) is 1. The fraction of sp³-hybridized carbons (Fsp3) is 0.929. The lowest BCUT2D eigenvalue weighted by Crippen LogP contribution is -2.46. The molecular formula is C14H28N2O2. The number of carbonyl (C=O) groups is 1. The Morgan fingerprint density at radius 2 is 2.06 bits per heavy atom. The van der Waals surface area contributed by atoms with Crippen LogP contribution in [0.15, 0.2) is 0 Å². The molecule has 4 heteroatoms. The molecule has 18 heavy (non-hydrogen) atoms. The van der Waals surface area contributed by atoms with Gasteiger partial charge in [0.05, 0.1) is 0 Å². The zero-order valence-corrected chi connectivity index (χ0v) is 11.6. The van der Waals surface area contributed by atoms with Gasteiger partial charge in [-0.3, -0.25) is 4.79 Å². The number of hydrogen-bond acceptors (Lipinski definition) is 3. The fourth-order valence-electron chi connectivity index (χ4n) is 2.58. The van der Waals surface area contributed by atoms with Crippen molar-refractivity contribution in [2.24, 2.45) is 11.7 Å². The second-order valence-corrected chi connectivity index (χ2v) is 5.88. The zero-order valence-electron chi connectivity index (χ0n) is 11.6. The molecule has 106 valence electrons. The van der Waals surface area contributed by atoms with Gasteiger partial charge >= 0.3 is 0 Å². The predicted octanol–water partition coefficient (Wildman–Crippen LogP) is 1.56. The molecule has 4 N–H and O–H groups in total. The molecule has 0 aliphatic heterocycles. The van der Waals surface area contributed by atoms with E-state index in [4.69, 9.17) is 10.8 Å². The Balaban J connectivity index is 2.13. The highest BCUT2D eigenvalue weighted by Crippen LogP contribution is 2.28. The van der Waals surface area contributed by atoms with E-state index in [1.807, 2.05) is 6.92 Å². The highest BCUT2D eigenvalue weighted by Gasteiger charge is 2.29. The molecule has 1 saturated carbocycles. The van der Waals surface area contributed by atoms with Crippen LogP contribution in [0.3, 0.4) is 0 Å². The maximum Gasteiger partial charge on any atom is 0.221 e. The molecule has 1 amide bonds. The maximum atomic E-state index is 11.8.